The summed E-state index contributed by atoms with van der Waals surface area (Å²) >= 11 is 0. The lowest BCUT2D eigenvalue weighted by atomic mass is 10.1. The highest BCUT2D eigenvalue weighted by Crippen LogP contribution is 2.34. The van der Waals surface area contributed by atoms with Crippen LogP contribution in [0.2, 0.25) is 0 Å². The van der Waals surface area contributed by atoms with Crippen molar-refractivity contribution in [3.05, 3.63) is 46.2 Å². The van der Waals surface area contributed by atoms with Crippen LogP contribution in [0.1, 0.15) is 12.7 Å². The molecule has 6 nitrogen and oxygen atoms in total. The summed E-state index contributed by atoms with van der Waals surface area (Å²) in [6.07, 6.45) is 0.634. The van der Waals surface area contributed by atoms with Gasteiger partial charge in [0.1, 0.15) is 17.3 Å². The minimum absolute atomic E-state index is 0.00718. The Balaban J connectivity index is 2.36. The first-order valence-electron chi connectivity index (χ1n) is 6.18. The monoisotopic (exact) mass is 276 g/mol. The van der Waals surface area contributed by atoms with Gasteiger partial charge in [0.25, 0.3) is 5.69 Å². The minimum atomic E-state index is -0.462. The number of non-ortho nitro benzene ring substituents is 1. The van der Waals surface area contributed by atoms with Crippen LogP contribution in [0.5, 0.6) is 5.75 Å². The zero-order valence-electron chi connectivity index (χ0n) is 11.3. The third-order valence-corrected chi connectivity index (χ3v) is 2.85. The van der Waals surface area contributed by atoms with Gasteiger partial charge in [-0.05, 0) is 25.1 Å². The Morgan fingerprint density at radius 1 is 1.40 bits per heavy atom. The Hall–Kier alpha value is -2.34. The predicted molar refractivity (Wildman–Crippen MR) is 74.7 cm³/mol. The summed E-state index contributed by atoms with van der Waals surface area (Å²) in [6, 6.07) is 8.08. The van der Waals surface area contributed by atoms with Gasteiger partial charge in [0, 0.05) is 18.5 Å². The molecule has 1 aromatic carbocycles. The molecule has 1 atom stereocenters. The summed E-state index contributed by atoms with van der Waals surface area (Å²) in [5.41, 5.74) is 6.38. The Morgan fingerprint density at radius 3 is 2.75 bits per heavy atom. The number of rotatable bonds is 5. The number of hydrogen-bond donors (Lipinski definition) is 1. The van der Waals surface area contributed by atoms with Crippen LogP contribution in [0.4, 0.5) is 5.69 Å². The van der Waals surface area contributed by atoms with Crippen molar-refractivity contribution in [2.24, 2.45) is 5.73 Å². The number of nitrogens with zero attached hydrogens (tertiary/aromatic N) is 1. The maximum atomic E-state index is 10.8. The molecule has 1 aromatic heterocycles. The average Bonchev–Trinajstić information content (AvgIpc) is 2.85. The number of methoxy groups -OCH3 is 1. The third kappa shape index (κ3) is 2.97. The van der Waals surface area contributed by atoms with E-state index in [1.165, 1.54) is 19.2 Å². The largest absolute Gasteiger partial charge is 0.496 e. The standard InChI is InChI=1S/C14H16N2O4/c1-9(15)7-11-4-6-13(20-11)12-5-3-10(16(17)18)8-14(12)19-2/h3-6,8-9H,7,15H2,1-2H3. The zero-order valence-corrected chi connectivity index (χ0v) is 11.3. The normalized spacial score (nSPS) is 12.2. The molecule has 0 saturated carbocycles. The van der Waals surface area contributed by atoms with Crippen molar-refractivity contribution in [1.29, 1.82) is 0 Å². The predicted octanol–water partition coefficient (Wildman–Crippen LogP) is 2.75. The van der Waals surface area contributed by atoms with E-state index in [0.29, 0.717) is 23.5 Å². The Kier molecular flexibility index (Phi) is 4.05. The summed E-state index contributed by atoms with van der Waals surface area (Å²) < 4.78 is 10.9. The van der Waals surface area contributed by atoms with E-state index in [-0.39, 0.29) is 11.7 Å². The molecule has 0 aliphatic heterocycles. The van der Waals surface area contributed by atoms with Crippen molar-refractivity contribution >= 4 is 5.69 Å². The first kappa shape index (κ1) is 14.1. The molecule has 0 aliphatic carbocycles. The molecule has 0 fully saturated rings. The minimum Gasteiger partial charge on any atom is -0.496 e. The van der Waals surface area contributed by atoms with Gasteiger partial charge >= 0.3 is 0 Å². The average molecular weight is 276 g/mol. The fraction of sp³-hybridized carbons (Fsp3) is 0.286. The SMILES string of the molecule is COc1cc([N+](=O)[O-])ccc1-c1ccc(CC(C)N)o1. The quantitative estimate of drug-likeness (QED) is 0.669. The number of benzene rings is 1. The Bertz CT molecular complexity index is 619. The lowest BCUT2D eigenvalue weighted by Crippen LogP contribution is -2.17. The maximum Gasteiger partial charge on any atom is 0.273 e. The number of nitro groups is 1. The highest BCUT2D eigenvalue weighted by molar-refractivity contribution is 5.68. The van der Waals surface area contributed by atoms with Gasteiger partial charge in [0.15, 0.2) is 0 Å². The van der Waals surface area contributed by atoms with E-state index in [0.717, 1.165) is 5.76 Å². The van der Waals surface area contributed by atoms with Crippen molar-refractivity contribution < 1.29 is 14.1 Å². The van der Waals surface area contributed by atoms with Crippen molar-refractivity contribution in [3.8, 4) is 17.1 Å². The molecule has 0 saturated heterocycles. The van der Waals surface area contributed by atoms with Gasteiger partial charge in [-0.3, -0.25) is 10.1 Å². The number of nitrogens with two attached hydrogens (primary N) is 1. The number of nitro benzene ring substituents is 1. The van der Waals surface area contributed by atoms with E-state index in [4.69, 9.17) is 14.9 Å². The number of hydrogen-bond acceptors (Lipinski definition) is 5. The van der Waals surface area contributed by atoms with Gasteiger partial charge in [0.05, 0.1) is 23.7 Å². The van der Waals surface area contributed by atoms with Crippen LogP contribution in [-0.2, 0) is 6.42 Å². The lowest BCUT2D eigenvalue weighted by Gasteiger charge is -2.06. The Morgan fingerprint density at radius 2 is 2.15 bits per heavy atom. The van der Waals surface area contributed by atoms with E-state index < -0.39 is 4.92 Å². The molecule has 0 aliphatic rings. The van der Waals surface area contributed by atoms with Crippen LogP contribution in [0.3, 0.4) is 0 Å². The summed E-state index contributed by atoms with van der Waals surface area (Å²) in [7, 11) is 1.47. The summed E-state index contributed by atoms with van der Waals surface area (Å²) in [5, 5.41) is 10.8. The molecule has 0 spiro atoms. The summed E-state index contributed by atoms with van der Waals surface area (Å²) in [5.74, 6) is 1.78. The van der Waals surface area contributed by atoms with Gasteiger partial charge in [-0.25, -0.2) is 0 Å². The fourth-order valence-electron chi connectivity index (χ4n) is 1.95. The smallest absolute Gasteiger partial charge is 0.273 e. The van der Waals surface area contributed by atoms with Gasteiger partial charge in [0.2, 0.25) is 0 Å². The zero-order chi connectivity index (χ0) is 14.7. The first-order valence-corrected chi connectivity index (χ1v) is 6.18. The van der Waals surface area contributed by atoms with Crippen LogP contribution >= 0.6 is 0 Å². The maximum absolute atomic E-state index is 10.8. The van der Waals surface area contributed by atoms with Gasteiger partial charge in [-0.2, -0.15) is 0 Å². The Labute approximate surface area is 116 Å². The highest BCUT2D eigenvalue weighted by Gasteiger charge is 2.15. The van der Waals surface area contributed by atoms with Gasteiger partial charge in [-0.15, -0.1) is 0 Å². The molecular formula is C14H16N2O4. The molecule has 1 unspecified atom stereocenters. The molecule has 0 bridgehead atoms. The van der Waals surface area contributed by atoms with Crippen LogP contribution in [0.25, 0.3) is 11.3 Å². The van der Waals surface area contributed by atoms with Crippen LogP contribution < -0.4 is 10.5 Å². The third-order valence-electron chi connectivity index (χ3n) is 2.85. The summed E-state index contributed by atoms with van der Waals surface area (Å²) in [4.78, 5) is 10.3. The van der Waals surface area contributed by atoms with Crippen molar-refractivity contribution in [2.75, 3.05) is 7.11 Å². The molecule has 0 radical (unpaired) electrons. The first-order chi connectivity index (χ1) is 9.51. The molecule has 6 heteroatoms. The molecule has 1 heterocycles. The molecule has 2 N–H and O–H groups in total. The van der Waals surface area contributed by atoms with E-state index in [1.54, 1.807) is 12.1 Å². The second-order valence-corrected chi connectivity index (χ2v) is 4.59. The van der Waals surface area contributed by atoms with Crippen LogP contribution in [0, 0.1) is 10.1 Å². The number of ether oxygens (including phenoxy) is 1. The second-order valence-electron chi connectivity index (χ2n) is 4.59. The van der Waals surface area contributed by atoms with Crippen LogP contribution in [-0.4, -0.2) is 18.1 Å². The van der Waals surface area contributed by atoms with Crippen molar-refractivity contribution in [1.82, 2.24) is 0 Å². The van der Waals surface area contributed by atoms with Gasteiger partial charge in [-0.1, -0.05) is 0 Å². The number of furan rings is 1. The van der Waals surface area contributed by atoms with E-state index >= 15 is 0 Å². The topological polar surface area (TPSA) is 91.5 Å². The molecular weight excluding hydrogens is 260 g/mol. The molecule has 20 heavy (non-hydrogen) atoms. The highest BCUT2D eigenvalue weighted by atomic mass is 16.6. The van der Waals surface area contributed by atoms with Crippen molar-refractivity contribution in [3.63, 3.8) is 0 Å². The fourth-order valence-corrected chi connectivity index (χ4v) is 1.95. The molecule has 2 rings (SSSR count). The van der Waals surface area contributed by atoms with E-state index in [9.17, 15) is 10.1 Å². The second kappa shape index (κ2) is 5.75. The van der Waals surface area contributed by atoms with Gasteiger partial charge < -0.3 is 14.9 Å². The molecule has 106 valence electrons. The molecule has 2 aromatic rings. The van der Waals surface area contributed by atoms with E-state index in [2.05, 4.69) is 0 Å². The molecule has 0 amide bonds. The van der Waals surface area contributed by atoms with Crippen molar-refractivity contribution in [2.45, 2.75) is 19.4 Å². The summed E-state index contributed by atoms with van der Waals surface area (Å²) in [6.45, 7) is 1.90. The lowest BCUT2D eigenvalue weighted by molar-refractivity contribution is -0.384. The van der Waals surface area contributed by atoms with E-state index in [1.807, 2.05) is 13.0 Å². The van der Waals surface area contributed by atoms with Crippen LogP contribution in [0.15, 0.2) is 34.7 Å².